The summed E-state index contributed by atoms with van der Waals surface area (Å²) in [7, 11) is -2.31. The van der Waals surface area contributed by atoms with Gasteiger partial charge in [-0.15, -0.1) is 0 Å². The van der Waals surface area contributed by atoms with Gasteiger partial charge < -0.3 is 15.5 Å². The second-order valence-electron chi connectivity index (χ2n) is 7.87. The number of rotatable bonds is 8. The van der Waals surface area contributed by atoms with Gasteiger partial charge in [-0.1, -0.05) is 18.2 Å². The van der Waals surface area contributed by atoms with Crippen molar-refractivity contribution in [3.8, 4) is 0 Å². The van der Waals surface area contributed by atoms with Gasteiger partial charge in [0.15, 0.2) is 5.82 Å². The van der Waals surface area contributed by atoms with Crippen LogP contribution >= 0.6 is 0 Å². The summed E-state index contributed by atoms with van der Waals surface area (Å²) in [4.78, 5) is 12.9. The normalized spacial score (nSPS) is 11.8. The van der Waals surface area contributed by atoms with E-state index in [4.69, 9.17) is 10.2 Å². The van der Waals surface area contributed by atoms with E-state index in [1.807, 2.05) is 31.2 Å². The van der Waals surface area contributed by atoms with Crippen molar-refractivity contribution in [3.63, 3.8) is 0 Å². The van der Waals surface area contributed by atoms with Gasteiger partial charge in [-0.2, -0.15) is 24.4 Å². The molecule has 11 nitrogen and oxygen atoms in total. The van der Waals surface area contributed by atoms with Gasteiger partial charge >= 0.3 is 0 Å². The van der Waals surface area contributed by atoms with Gasteiger partial charge in [0.25, 0.3) is 0 Å². The van der Waals surface area contributed by atoms with E-state index >= 15 is 0 Å². The average Bonchev–Trinajstić information content (AvgIpc) is 3.37. The van der Waals surface area contributed by atoms with Gasteiger partial charge in [0.1, 0.15) is 17.2 Å². The number of nitrogens with one attached hydrogen (secondary N) is 1. The highest BCUT2D eigenvalue weighted by molar-refractivity contribution is 7.89. The Morgan fingerprint density at radius 2 is 1.85 bits per heavy atom. The zero-order valence-electron chi connectivity index (χ0n) is 19.3. The van der Waals surface area contributed by atoms with Crippen LogP contribution in [-0.2, 0) is 23.1 Å². The first-order valence-corrected chi connectivity index (χ1v) is 11.9. The maximum Gasteiger partial charge on any atom is 0.246 e. The van der Waals surface area contributed by atoms with E-state index in [1.165, 1.54) is 17.6 Å². The van der Waals surface area contributed by atoms with Crippen molar-refractivity contribution in [2.24, 2.45) is 0 Å². The molecular formula is C22H26N8O3S. The average molecular weight is 483 g/mol. The minimum absolute atomic E-state index is 0.0497. The predicted octanol–water partition coefficient (Wildman–Crippen LogP) is 2.78. The molecule has 0 fully saturated rings. The standard InChI is InChI=1S/C22H26N8O3S/c1-14-8-5-6-10-18(14)24-22-26-19(25-21(23)27-22)13-30-16(3)20(15(2)28-30)34(31,32)29(4)12-17-9-7-11-33-17/h5-11H,12-13H2,1-4H3,(H3,23,24,25,26,27). The van der Waals surface area contributed by atoms with Crippen LogP contribution in [0.25, 0.3) is 0 Å². The molecule has 34 heavy (non-hydrogen) atoms. The molecule has 0 bridgehead atoms. The molecule has 1 aromatic carbocycles. The second kappa shape index (κ2) is 9.23. The van der Waals surface area contributed by atoms with E-state index in [9.17, 15) is 8.42 Å². The number of sulfonamides is 1. The van der Waals surface area contributed by atoms with Crippen LogP contribution in [0.3, 0.4) is 0 Å². The molecule has 4 rings (SSSR count). The van der Waals surface area contributed by atoms with Crippen LogP contribution in [0.2, 0.25) is 0 Å². The monoisotopic (exact) mass is 482 g/mol. The van der Waals surface area contributed by atoms with Crippen LogP contribution in [-0.4, -0.2) is 44.5 Å². The summed E-state index contributed by atoms with van der Waals surface area (Å²) in [6.45, 7) is 5.56. The number of hydrogen-bond donors (Lipinski definition) is 2. The third-order valence-electron chi connectivity index (χ3n) is 5.32. The quantitative estimate of drug-likeness (QED) is 0.387. The summed E-state index contributed by atoms with van der Waals surface area (Å²) in [5.41, 5.74) is 8.62. The lowest BCUT2D eigenvalue weighted by Crippen LogP contribution is -2.27. The van der Waals surface area contributed by atoms with E-state index in [2.05, 4.69) is 25.4 Å². The molecule has 0 saturated heterocycles. The van der Waals surface area contributed by atoms with Crippen molar-refractivity contribution in [3.05, 3.63) is 71.2 Å². The van der Waals surface area contributed by atoms with Gasteiger partial charge in [-0.25, -0.2) is 8.42 Å². The first kappa shape index (κ1) is 23.4. The Kier molecular flexibility index (Phi) is 6.35. The van der Waals surface area contributed by atoms with Gasteiger partial charge in [0, 0.05) is 12.7 Å². The van der Waals surface area contributed by atoms with E-state index < -0.39 is 10.0 Å². The fourth-order valence-electron chi connectivity index (χ4n) is 3.60. The van der Waals surface area contributed by atoms with Crippen molar-refractivity contribution in [1.29, 1.82) is 0 Å². The Labute approximate surface area is 197 Å². The minimum atomic E-state index is -3.81. The highest BCUT2D eigenvalue weighted by atomic mass is 32.2. The van der Waals surface area contributed by atoms with E-state index in [0.717, 1.165) is 11.3 Å². The number of nitrogen functional groups attached to an aromatic ring is 1. The van der Waals surface area contributed by atoms with E-state index in [0.29, 0.717) is 28.9 Å². The predicted molar refractivity (Wildman–Crippen MR) is 127 cm³/mol. The first-order valence-electron chi connectivity index (χ1n) is 10.5. The summed E-state index contributed by atoms with van der Waals surface area (Å²) >= 11 is 0. The Hall–Kier alpha value is -3.77. The maximum absolute atomic E-state index is 13.3. The molecule has 0 spiro atoms. The zero-order chi connectivity index (χ0) is 24.5. The summed E-state index contributed by atoms with van der Waals surface area (Å²) in [6.07, 6.45) is 1.51. The Morgan fingerprint density at radius 1 is 1.09 bits per heavy atom. The number of benzene rings is 1. The highest BCUT2D eigenvalue weighted by Crippen LogP contribution is 2.25. The lowest BCUT2D eigenvalue weighted by atomic mass is 10.2. The molecule has 0 aliphatic heterocycles. The molecule has 0 radical (unpaired) electrons. The molecule has 3 aromatic heterocycles. The number of nitrogens with zero attached hydrogens (tertiary/aromatic N) is 6. The first-order chi connectivity index (χ1) is 16.1. The molecule has 4 aromatic rings. The summed E-state index contributed by atoms with van der Waals surface area (Å²) in [5, 5.41) is 7.58. The zero-order valence-corrected chi connectivity index (χ0v) is 20.2. The van der Waals surface area contributed by atoms with Crippen molar-refractivity contribution >= 4 is 27.6 Å². The highest BCUT2D eigenvalue weighted by Gasteiger charge is 2.29. The fourth-order valence-corrected chi connectivity index (χ4v) is 5.10. The van der Waals surface area contributed by atoms with Crippen molar-refractivity contribution < 1.29 is 12.8 Å². The number of furan rings is 1. The lowest BCUT2D eigenvalue weighted by molar-refractivity contribution is 0.406. The lowest BCUT2D eigenvalue weighted by Gasteiger charge is -2.16. The molecule has 0 saturated carbocycles. The summed E-state index contributed by atoms with van der Waals surface area (Å²) in [5.74, 6) is 1.24. The maximum atomic E-state index is 13.3. The van der Waals surface area contributed by atoms with Gasteiger partial charge in [0.2, 0.25) is 21.9 Å². The van der Waals surface area contributed by atoms with Crippen LogP contribution in [0.4, 0.5) is 17.6 Å². The molecule has 0 unspecified atom stereocenters. The van der Waals surface area contributed by atoms with Crippen LogP contribution < -0.4 is 11.1 Å². The number of nitrogens with two attached hydrogens (primary N) is 1. The van der Waals surface area contributed by atoms with Crippen LogP contribution in [0, 0.1) is 20.8 Å². The van der Waals surface area contributed by atoms with Crippen molar-refractivity contribution in [1.82, 2.24) is 29.0 Å². The largest absolute Gasteiger partial charge is 0.468 e. The van der Waals surface area contributed by atoms with E-state index in [-0.39, 0.29) is 23.9 Å². The third-order valence-corrected chi connectivity index (χ3v) is 7.38. The van der Waals surface area contributed by atoms with Crippen LogP contribution in [0.15, 0.2) is 52.0 Å². The molecule has 0 amide bonds. The smallest absolute Gasteiger partial charge is 0.246 e. The van der Waals surface area contributed by atoms with Gasteiger partial charge in [0.05, 0.1) is 24.2 Å². The topological polar surface area (TPSA) is 145 Å². The third kappa shape index (κ3) is 4.77. The van der Waals surface area contributed by atoms with Crippen LogP contribution in [0.5, 0.6) is 0 Å². The number of aromatic nitrogens is 5. The fraction of sp³-hybridized carbons (Fsp3) is 0.273. The number of para-hydroxylation sites is 1. The molecule has 178 valence electrons. The second-order valence-corrected chi connectivity index (χ2v) is 9.85. The van der Waals surface area contributed by atoms with Gasteiger partial charge in [-0.05, 0) is 44.5 Å². The summed E-state index contributed by atoms with van der Waals surface area (Å²) < 4.78 is 34.6. The SMILES string of the molecule is Cc1ccccc1Nc1nc(N)nc(Cn2nc(C)c(S(=O)(=O)N(C)Cc3ccco3)c2C)n1. The molecular weight excluding hydrogens is 456 g/mol. The Balaban J connectivity index is 1.60. The van der Waals surface area contributed by atoms with E-state index in [1.54, 1.807) is 30.7 Å². The number of anilines is 3. The molecule has 0 aliphatic carbocycles. The minimum Gasteiger partial charge on any atom is -0.468 e. The van der Waals surface area contributed by atoms with Crippen LogP contribution in [0.1, 0.15) is 28.5 Å². The Morgan fingerprint density at radius 3 is 2.56 bits per heavy atom. The Bertz CT molecular complexity index is 1410. The molecule has 12 heteroatoms. The summed E-state index contributed by atoms with van der Waals surface area (Å²) in [6, 6.07) is 11.2. The van der Waals surface area contributed by atoms with Gasteiger partial charge in [-0.3, -0.25) is 4.68 Å². The molecule has 0 aliphatic rings. The van der Waals surface area contributed by atoms with Crippen molar-refractivity contribution in [2.45, 2.75) is 38.8 Å². The molecule has 0 atom stereocenters. The molecule has 3 N–H and O–H groups in total. The number of aryl methyl sites for hydroxylation is 2. The molecule has 3 heterocycles. The van der Waals surface area contributed by atoms with Crippen molar-refractivity contribution in [2.75, 3.05) is 18.1 Å². The number of hydrogen-bond acceptors (Lipinski definition) is 9.